The van der Waals surface area contributed by atoms with Crippen molar-refractivity contribution in [2.75, 3.05) is 13.1 Å². The Hall–Kier alpha value is -1.88. The molecule has 1 aliphatic heterocycles. The predicted molar refractivity (Wildman–Crippen MR) is 72.1 cm³/mol. The fourth-order valence-electron chi connectivity index (χ4n) is 2.96. The molecule has 5 heteroatoms. The summed E-state index contributed by atoms with van der Waals surface area (Å²) in [5.41, 5.74) is 3.36. The zero-order valence-electron chi connectivity index (χ0n) is 11.6. The van der Waals surface area contributed by atoms with Gasteiger partial charge in [-0.2, -0.15) is 0 Å². The molecule has 0 radical (unpaired) electrons. The molecule has 0 aromatic carbocycles. The largest absolute Gasteiger partial charge is 0.550 e. The average Bonchev–Trinajstić information content (AvgIpc) is 2.82. The molecule has 0 atom stereocenters. The highest BCUT2D eigenvalue weighted by atomic mass is 16.4. The number of carboxylic acids is 1. The summed E-state index contributed by atoms with van der Waals surface area (Å²) >= 11 is 0. The average molecular weight is 273 g/mol. The summed E-state index contributed by atoms with van der Waals surface area (Å²) in [7, 11) is 0. The number of pyridine rings is 1. The van der Waals surface area contributed by atoms with Gasteiger partial charge in [-0.25, -0.2) is 4.98 Å². The van der Waals surface area contributed by atoms with Gasteiger partial charge < -0.3 is 14.8 Å². The summed E-state index contributed by atoms with van der Waals surface area (Å²) in [6, 6.07) is 4.08. The molecule has 5 nitrogen and oxygen atoms in total. The highest BCUT2D eigenvalue weighted by Gasteiger charge is 2.23. The Bertz CT molecular complexity index is 627. The topological polar surface area (TPSA) is 61.9 Å². The van der Waals surface area contributed by atoms with Crippen molar-refractivity contribution in [1.82, 2.24) is 9.38 Å². The molecule has 1 N–H and O–H groups in total. The van der Waals surface area contributed by atoms with Gasteiger partial charge in [-0.1, -0.05) is 6.07 Å². The molecule has 1 aliphatic rings. The van der Waals surface area contributed by atoms with Crippen LogP contribution in [0.5, 0.6) is 0 Å². The van der Waals surface area contributed by atoms with Crippen LogP contribution in [0.4, 0.5) is 0 Å². The van der Waals surface area contributed by atoms with Crippen LogP contribution in [0.25, 0.3) is 5.65 Å². The molecule has 1 fully saturated rings. The molecular formula is C15H19N3O2. The van der Waals surface area contributed by atoms with Gasteiger partial charge in [-0.3, -0.25) is 4.40 Å². The zero-order valence-corrected chi connectivity index (χ0v) is 11.6. The fraction of sp³-hybridized carbons (Fsp3) is 0.467. The second-order valence-electron chi connectivity index (χ2n) is 5.70. The molecule has 2 aromatic heterocycles. The number of nitrogens with one attached hydrogen (secondary N) is 1. The highest BCUT2D eigenvalue weighted by molar-refractivity contribution is 5.67. The molecule has 0 unspecified atom stereocenters. The second kappa shape index (κ2) is 5.25. The third kappa shape index (κ3) is 2.54. The minimum absolute atomic E-state index is 0.261. The first kappa shape index (κ1) is 13.1. The molecular weight excluding hydrogens is 254 g/mol. The third-order valence-corrected chi connectivity index (χ3v) is 4.19. The molecule has 0 bridgehead atoms. The van der Waals surface area contributed by atoms with Gasteiger partial charge in [-0.05, 0) is 18.6 Å². The highest BCUT2D eigenvalue weighted by Crippen LogP contribution is 2.10. The van der Waals surface area contributed by atoms with E-state index < -0.39 is 5.97 Å². The van der Waals surface area contributed by atoms with Gasteiger partial charge in [-0.15, -0.1) is 0 Å². The van der Waals surface area contributed by atoms with E-state index in [1.807, 2.05) is 12.3 Å². The number of carbonyl (C=O) groups is 1. The molecule has 1 saturated heterocycles. The molecule has 3 rings (SSSR count). The lowest BCUT2D eigenvalue weighted by atomic mass is 9.97. The number of quaternary nitrogens is 1. The first-order valence-corrected chi connectivity index (χ1v) is 7.10. The van der Waals surface area contributed by atoms with Crippen LogP contribution in [0, 0.1) is 12.8 Å². The van der Waals surface area contributed by atoms with Crippen molar-refractivity contribution in [2.24, 2.45) is 5.92 Å². The quantitative estimate of drug-likeness (QED) is 0.795. The van der Waals surface area contributed by atoms with Crippen molar-refractivity contribution in [1.29, 1.82) is 0 Å². The molecule has 0 saturated carbocycles. The molecule has 0 spiro atoms. The van der Waals surface area contributed by atoms with E-state index in [0.29, 0.717) is 12.8 Å². The lowest BCUT2D eigenvalue weighted by Gasteiger charge is -2.29. The Morgan fingerprint density at radius 2 is 2.20 bits per heavy atom. The summed E-state index contributed by atoms with van der Waals surface area (Å²) in [6.45, 7) is 4.74. The molecule has 3 heterocycles. The van der Waals surface area contributed by atoms with Crippen molar-refractivity contribution >= 4 is 11.6 Å². The van der Waals surface area contributed by atoms with E-state index in [0.717, 1.165) is 25.3 Å². The second-order valence-corrected chi connectivity index (χ2v) is 5.70. The summed E-state index contributed by atoms with van der Waals surface area (Å²) in [4.78, 5) is 16.7. The lowest BCUT2D eigenvalue weighted by Crippen LogP contribution is -3.12. The minimum atomic E-state index is -0.894. The van der Waals surface area contributed by atoms with Gasteiger partial charge in [0.15, 0.2) is 0 Å². The van der Waals surface area contributed by atoms with Crippen LogP contribution in [0.15, 0.2) is 24.5 Å². The monoisotopic (exact) mass is 273 g/mol. The summed E-state index contributed by atoms with van der Waals surface area (Å²) < 4.78 is 2.13. The van der Waals surface area contributed by atoms with Gasteiger partial charge >= 0.3 is 0 Å². The number of carboxylic acid groups (broad SMARTS) is 1. The van der Waals surface area contributed by atoms with E-state index in [-0.39, 0.29) is 5.92 Å². The molecule has 0 amide bonds. The lowest BCUT2D eigenvalue weighted by molar-refractivity contribution is -0.919. The zero-order chi connectivity index (χ0) is 14.1. The Balaban J connectivity index is 1.71. The summed E-state index contributed by atoms with van der Waals surface area (Å²) in [5.74, 6) is -1.15. The summed E-state index contributed by atoms with van der Waals surface area (Å²) in [6.07, 6.45) is 5.46. The smallest absolute Gasteiger partial charge is 0.137 e. The number of aromatic nitrogens is 2. The van der Waals surface area contributed by atoms with Crippen LogP contribution in [-0.4, -0.2) is 28.4 Å². The van der Waals surface area contributed by atoms with Crippen molar-refractivity contribution in [3.63, 3.8) is 0 Å². The van der Waals surface area contributed by atoms with E-state index in [1.54, 1.807) is 0 Å². The number of likely N-dealkylation sites (tertiary alicyclic amines) is 1. The van der Waals surface area contributed by atoms with Crippen LogP contribution < -0.4 is 10.0 Å². The van der Waals surface area contributed by atoms with E-state index in [1.165, 1.54) is 16.2 Å². The van der Waals surface area contributed by atoms with E-state index in [9.17, 15) is 9.90 Å². The Kier molecular flexibility index (Phi) is 3.44. The number of hydrogen-bond donors (Lipinski definition) is 1. The number of fused-ring (bicyclic) bond motifs is 1. The summed E-state index contributed by atoms with van der Waals surface area (Å²) in [5, 5.41) is 10.9. The van der Waals surface area contributed by atoms with Crippen molar-refractivity contribution < 1.29 is 14.8 Å². The number of carbonyl (C=O) groups excluding carboxylic acids is 1. The number of rotatable bonds is 3. The first-order valence-electron chi connectivity index (χ1n) is 7.10. The van der Waals surface area contributed by atoms with Crippen LogP contribution in [-0.2, 0) is 11.3 Å². The number of piperidine rings is 1. The fourth-order valence-corrected chi connectivity index (χ4v) is 2.96. The number of aryl methyl sites for hydroxylation is 1. The maximum Gasteiger partial charge on any atom is 0.137 e. The van der Waals surface area contributed by atoms with Gasteiger partial charge in [0.1, 0.15) is 12.2 Å². The van der Waals surface area contributed by atoms with Gasteiger partial charge in [0.05, 0.1) is 25.0 Å². The Morgan fingerprint density at radius 1 is 1.45 bits per heavy atom. The van der Waals surface area contributed by atoms with Crippen molar-refractivity contribution in [3.05, 3.63) is 35.8 Å². The van der Waals surface area contributed by atoms with E-state index in [2.05, 4.69) is 28.6 Å². The molecule has 106 valence electrons. The van der Waals surface area contributed by atoms with Gasteiger partial charge in [0.25, 0.3) is 0 Å². The van der Waals surface area contributed by atoms with Crippen LogP contribution in [0.3, 0.4) is 0 Å². The maximum atomic E-state index is 10.9. The normalized spacial score (nSPS) is 23.1. The third-order valence-electron chi connectivity index (χ3n) is 4.19. The Labute approximate surface area is 117 Å². The molecule has 0 aliphatic carbocycles. The standard InChI is InChI=1S/C15H19N3O2/c1-11-2-3-14-16-8-13(18(14)9-11)10-17-6-4-12(5-7-17)15(19)20/h2-3,8-9,12H,4-7,10H2,1H3,(H,19,20). The number of imidazole rings is 1. The first-order chi connectivity index (χ1) is 9.63. The number of hydrogen-bond acceptors (Lipinski definition) is 3. The van der Waals surface area contributed by atoms with Crippen LogP contribution in [0.2, 0.25) is 0 Å². The van der Waals surface area contributed by atoms with Crippen LogP contribution >= 0.6 is 0 Å². The van der Waals surface area contributed by atoms with E-state index in [4.69, 9.17) is 0 Å². The van der Waals surface area contributed by atoms with Gasteiger partial charge in [0, 0.05) is 30.9 Å². The maximum absolute atomic E-state index is 10.9. The molecule has 2 aromatic rings. The van der Waals surface area contributed by atoms with Crippen molar-refractivity contribution in [2.45, 2.75) is 26.3 Å². The van der Waals surface area contributed by atoms with Crippen molar-refractivity contribution in [3.8, 4) is 0 Å². The molecule has 20 heavy (non-hydrogen) atoms. The SMILES string of the molecule is Cc1ccc2ncc(C[NH+]3CCC(C(=O)[O-])CC3)n2c1. The Morgan fingerprint density at radius 3 is 2.90 bits per heavy atom. The van der Waals surface area contributed by atoms with Gasteiger partial charge in [0.2, 0.25) is 0 Å². The minimum Gasteiger partial charge on any atom is -0.550 e. The predicted octanol–water partition coefficient (Wildman–Crippen LogP) is -0.812. The number of aliphatic carboxylic acids is 1. The van der Waals surface area contributed by atoms with E-state index >= 15 is 0 Å². The van der Waals surface area contributed by atoms with Crippen LogP contribution in [0.1, 0.15) is 24.1 Å². The number of nitrogens with zero attached hydrogens (tertiary/aromatic N) is 2.